The van der Waals surface area contributed by atoms with Crippen molar-refractivity contribution in [2.24, 2.45) is 0 Å². The normalized spacial score (nSPS) is 16.4. The molecule has 1 saturated heterocycles. The van der Waals surface area contributed by atoms with E-state index in [-0.39, 0.29) is 11.9 Å². The Balaban J connectivity index is 1.76. The summed E-state index contributed by atoms with van der Waals surface area (Å²) in [7, 11) is 0. The fourth-order valence-electron chi connectivity index (χ4n) is 3.11. The number of pyridine rings is 1. The number of nitrogens with one attached hydrogen (secondary N) is 2. The number of hydrogen-bond acceptors (Lipinski definition) is 4. The zero-order valence-electron chi connectivity index (χ0n) is 14.3. The lowest BCUT2D eigenvalue weighted by Crippen LogP contribution is -2.43. The largest absolute Gasteiger partial charge is 0.379 e. The third-order valence-corrected chi connectivity index (χ3v) is 4.77. The maximum absolute atomic E-state index is 12.5. The van der Waals surface area contributed by atoms with Gasteiger partial charge in [-0.05, 0) is 24.6 Å². The molecule has 6 heteroatoms. The molecular formula is C19H23N3O2S. The van der Waals surface area contributed by atoms with Crippen LogP contribution in [0, 0.1) is 11.6 Å². The Morgan fingerprint density at radius 1 is 1.32 bits per heavy atom. The summed E-state index contributed by atoms with van der Waals surface area (Å²) in [4.78, 5) is 17.8. The van der Waals surface area contributed by atoms with Crippen molar-refractivity contribution >= 4 is 18.1 Å². The van der Waals surface area contributed by atoms with E-state index in [4.69, 9.17) is 17.0 Å². The standard InChI is InChI=1S/C19H23N3O2S/c1-14-4-2-5-15(12-14)17(22-8-10-24-11-9-22)13-21-18(23)16-6-3-7-20-19(16)25/h2-7,12,17H,8-11,13H2,1H3,(H,20,25)(H,21,23). The Labute approximate surface area is 153 Å². The molecule has 132 valence electrons. The van der Waals surface area contributed by atoms with Crippen LogP contribution in [0.25, 0.3) is 0 Å². The Morgan fingerprint density at radius 2 is 2.12 bits per heavy atom. The quantitative estimate of drug-likeness (QED) is 0.808. The lowest BCUT2D eigenvalue weighted by molar-refractivity contribution is 0.0162. The van der Waals surface area contributed by atoms with Crippen molar-refractivity contribution in [3.8, 4) is 0 Å². The summed E-state index contributed by atoms with van der Waals surface area (Å²) in [6.45, 7) is 5.79. The van der Waals surface area contributed by atoms with E-state index in [1.807, 2.05) is 0 Å². The number of carbonyl (C=O) groups excluding carboxylic acids is 1. The maximum Gasteiger partial charge on any atom is 0.254 e. The molecule has 0 radical (unpaired) electrons. The summed E-state index contributed by atoms with van der Waals surface area (Å²) in [5, 5.41) is 3.05. The minimum Gasteiger partial charge on any atom is -0.379 e. The van der Waals surface area contributed by atoms with Gasteiger partial charge in [0.2, 0.25) is 0 Å². The Bertz CT molecular complexity index is 784. The summed E-state index contributed by atoms with van der Waals surface area (Å²) in [5.74, 6) is -0.146. The van der Waals surface area contributed by atoms with E-state index in [0.29, 0.717) is 16.7 Å². The molecule has 1 aliphatic heterocycles. The number of H-pyrrole nitrogens is 1. The molecule has 1 unspecified atom stereocenters. The minimum atomic E-state index is -0.146. The number of nitrogens with zero attached hydrogens (tertiary/aromatic N) is 1. The number of ether oxygens (including phenoxy) is 1. The van der Waals surface area contributed by atoms with Crippen molar-refractivity contribution < 1.29 is 9.53 Å². The van der Waals surface area contributed by atoms with Gasteiger partial charge in [-0.25, -0.2) is 0 Å². The van der Waals surface area contributed by atoms with Crippen LogP contribution in [-0.2, 0) is 4.74 Å². The number of rotatable bonds is 5. The molecule has 1 aromatic carbocycles. The highest BCUT2D eigenvalue weighted by atomic mass is 32.1. The van der Waals surface area contributed by atoms with Crippen LogP contribution >= 0.6 is 12.2 Å². The van der Waals surface area contributed by atoms with E-state index in [9.17, 15) is 4.79 Å². The van der Waals surface area contributed by atoms with Crippen LogP contribution < -0.4 is 5.32 Å². The molecule has 25 heavy (non-hydrogen) atoms. The molecule has 1 aromatic heterocycles. The minimum absolute atomic E-state index is 0.119. The van der Waals surface area contributed by atoms with Crippen molar-refractivity contribution in [3.63, 3.8) is 0 Å². The van der Waals surface area contributed by atoms with Crippen LogP contribution in [0.4, 0.5) is 0 Å². The molecular weight excluding hydrogens is 334 g/mol. The van der Waals surface area contributed by atoms with Crippen LogP contribution in [0.3, 0.4) is 0 Å². The van der Waals surface area contributed by atoms with Gasteiger partial charge in [0.05, 0.1) is 24.8 Å². The lowest BCUT2D eigenvalue weighted by atomic mass is 10.0. The van der Waals surface area contributed by atoms with Gasteiger partial charge < -0.3 is 15.0 Å². The monoisotopic (exact) mass is 357 g/mol. The molecule has 1 aliphatic rings. The van der Waals surface area contributed by atoms with Gasteiger partial charge in [-0.3, -0.25) is 9.69 Å². The first-order chi connectivity index (χ1) is 12.1. The topological polar surface area (TPSA) is 57.4 Å². The number of aryl methyl sites for hydroxylation is 1. The number of aromatic nitrogens is 1. The van der Waals surface area contributed by atoms with Crippen LogP contribution in [0.2, 0.25) is 0 Å². The van der Waals surface area contributed by atoms with Gasteiger partial charge in [-0.1, -0.05) is 42.0 Å². The molecule has 3 rings (SSSR count). The Kier molecular flexibility index (Phi) is 5.96. The highest BCUT2D eigenvalue weighted by Crippen LogP contribution is 2.22. The first-order valence-corrected chi connectivity index (χ1v) is 8.90. The van der Waals surface area contributed by atoms with Crippen LogP contribution in [0.15, 0.2) is 42.6 Å². The fraction of sp³-hybridized carbons (Fsp3) is 0.368. The third kappa shape index (κ3) is 4.54. The summed E-state index contributed by atoms with van der Waals surface area (Å²) in [6, 6.07) is 12.1. The molecule has 0 aliphatic carbocycles. The molecule has 0 saturated carbocycles. The van der Waals surface area contributed by atoms with E-state index in [1.165, 1.54) is 11.1 Å². The first kappa shape index (κ1) is 17.8. The Hall–Kier alpha value is -2.02. The predicted octanol–water partition coefficient (Wildman–Crippen LogP) is 2.86. The maximum atomic E-state index is 12.5. The van der Waals surface area contributed by atoms with E-state index < -0.39 is 0 Å². The van der Waals surface area contributed by atoms with Crippen molar-refractivity contribution in [2.45, 2.75) is 13.0 Å². The van der Waals surface area contributed by atoms with Crippen molar-refractivity contribution in [3.05, 3.63) is 63.9 Å². The third-order valence-electron chi connectivity index (χ3n) is 4.43. The first-order valence-electron chi connectivity index (χ1n) is 8.49. The van der Waals surface area contributed by atoms with Gasteiger partial charge in [0.1, 0.15) is 4.64 Å². The van der Waals surface area contributed by atoms with E-state index in [2.05, 4.69) is 46.4 Å². The van der Waals surface area contributed by atoms with Crippen molar-refractivity contribution in [1.29, 1.82) is 0 Å². The summed E-state index contributed by atoms with van der Waals surface area (Å²) >= 11 is 5.20. The molecule has 0 spiro atoms. The van der Waals surface area contributed by atoms with E-state index in [0.717, 1.165) is 26.3 Å². The molecule has 1 amide bonds. The highest BCUT2D eigenvalue weighted by molar-refractivity contribution is 7.71. The molecule has 5 nitrogen and oxygen atoms in total. The number of aromatic amines is 1. The SMILES string of the molecule is Cc1cccc(C(CNC(=O)c2ccc[nH]c2=S)N2CCOCC2)c1. The molecule has 2 aromatic rings. The van der Waals surface area contributed by atoms with Gasteiger partial charge in [0, 0.05) is 25.8 Å². The lowest BCUT2D eigenvalue weighted by Gasteiger charge is -2.35. The van der Waals surface area contributed by atoms with Crippen molar-refractivity contribution in [2.75, 3.05) is 32.8 Å². The number of carbonyl (C=O) groups is 1. The van der Waals surface area contributed by atoms with Gasteiger partial charge in [0.15, 0.2) is 0 Å². The smallest absolute Gasteiger partial charge is 0.254 e. The Morgan fingerprint density at radius 3 is 2.84 bits per heavy atom. The second kappa shape index (κ2) is 8.38. The number of morpholine rings is 1. The predicted molar refractivity (Wildman–Crippen MR) is 100 cm³/mol. The van der Waals surface area contributed by atoms with Gasteiger partial charge >= 0.3 is 0 Å². The summed E-state index contributed by atoms with van der Waals surface area (Å²) < 4.78 is 5.93. The fourth-order valence-corrected chi connectivity index (χ4v) is 3.34. The summed E-state index contributed by atoms with van der Waals surface area (Å²) in [5.41, 5.74) is 2.93. The number of amides is 1. The van der Waals surface area contributed by atoms with Crippen LogP contribution in [0.1, 0.15) is 27.5 Å². The molecule has 1 fully saturated rings. The average molecular weight is 357 g/mol. The second-order valence-corrected chi connectivity index (χ2v) is 6.61. The molecule has 1 atom stereocenters. The molecule has 2 heterocycles. The molecule has 0 bridgehead atoms. The van der Waals surface area contributed by atoms with Crippen LogP contribution in [0.5, 0.6) is 0 Å². The van der Waals surface area contributed by atoms with Crippen LogP contribution in [-0.4, -0.2) is 48.6 Å². The second-order valence-electron chi connectivity index (χ2n) is 6.20. The number of benzene rings is 1. The molecule has 2 N–H and O–H groups in total. The average Bonchev–Trinajstić information content (AvgIpc) is 2.63. The highest BCUT2D eigenvalue weighted by Gasteiger charge is 2.23. The van der Waals surface area contributed by atoms with Gasteiger partial charge in [0.25, 0.3) is 5.91 Å². The van der Waals surface area contributed by atoms with Crippen molar-refractivity contribution in [1.82, 2.24) is 15.2 Å². The van der Waals surface area contributed by atoms with Gasteiger partial charge in [-0.15, -0.1) is 0 Å². The van der Waals surface area contributed by atoms with E-state index >= 15 is 0 Å². The summed E-state index contributed by atoms with van der Waals surface area (Å²) in [6.07, 6.45) is 1.72. The number of hydrogen-bond donors (Lipinski definition) is 2. The zero-order valence-corrected chi connectivity index (χ0v) is 15.1. The van der Waals surface area contributed by atoms with Gasteiger partial charge in [-0.2, -0.15) is 0 Å². The zero-order chi connectivity index (χ0) is 17.6. The van der Waals surface area contributed by atoms with E-state index in [1.54, 1.807) is 18.3 Å².